The van der Waals surface area contributed by atoms with Crippen LogP contribution in [-0.2, 0) is 11.3 Å². The first-order chi connectivity index (χ1) is 7.07. The monoisotopic (exact) mass is 204 g/mol. The van der Waals surface area contributed by atoms with E-state index in [1.807, 2.05) is 42.2 Å². The number of amides is 1. The molecule has 1 aliphatic heterocycles. The molecular weight excluding hydrogens is 188 g/mol. The number of carbonyl (C=O) groups excluding carboxylic acids is 1. The Labute approximate surface area is 89.9 Å². The van der Waals surface area contributed by atoms with Crippen molar-refractivity contribution in [2.45, 2.75) is 25.4 Å². The molecule has 1 aliphatic rings. The van der Waals surface area contributed by atoms with Gasteiger partial charge in [-0.25, -0.2) is 0 Å². The number of carbonyl (C=O) groups is 1. The van der Waals surface area contributed by atoms with Gasteiger partial charge in [-0.3, -0.25) is 4.79 Å². The Morgan fingerprint density at radius 1 is 1.40 bits per heavy atom. The standard InChI is InChI=1S/C12H16N2O/c1-12(13)7-11(15)14(9-12)8-10-5-3-2-4-6-10/h2-6H,7-9,13H2,1H3. The second kappa shape index (κ2) is 3.66. The summed E-state index contributed by atoms with van der Waals surface area (Å²) in [6, 6.07) is 10.00. The summed E-state index contributed by atoms with van der Waals surface area (Å²) in [5, 5.41) is 0. The first-order valence-corrected chi connectivity index (χ1v) is 5.17. The highest BCUT2D eigenvalue weighted by molar-refractivity contribution is 5.80. The van der Waals surface area contributed by atoms with Crippen molar-refractivity contribution in [3.05, 3.63) is 35.9 Å². The SMILES string of the molecule is CC1(N)CC(=O)N(Cc2ccccc2)C1. The molecule has 1 atom stereocenters. The van der Waals surface area contributed by atoms with E-state index in [9.17, 15) is 4.79 Å². The fourth-order valence-corrected chi connectivity index (χ4v) is 1.99. The van der Waals surface area contributed by atoms with Crippen molar-refractivity contribution in [2.75, 3.05) is 6.54 Å². The molecule has 3 nitrogen and oxygen atoms in total. The maximum Gasteiger partial charge on any atom is 0.224 e. The van der Waals surface area contributed by atoms with Gasteiger partial charge in [0.1, 0.15) is 0 Å². The van der Waals surface area contributed by atoms with Gasteiger partial charge in [-0.2, -0.15) is 0 Å². The van der Waals surface area contributed by atoms with Crippen LogP contribution in [0.4, 0.5) is 0 Å². The first kappa shape index (κ1) is 10.2. The molecule has 0 aliphatic carbocycles. The van der Waals surface area contributed by atoms with Crippen molar-refractivity contribution in [2.24, 2.45) is 5.73 Å². The molecule has 15 heavy (non-hydrogen) atoms. The number of nitrogens with two attached hydrogens (primary N) is 1. The van der Waals surface area contributed by atoms with Crippen LogP contribution in [0.1, 0.15) is 18.9 Å². The molecule has 1 aromatic rings. The Morgan fingerprint density at radius 2 is 2.07 bits per heavy atom. The lowest BCUT2D eigenvalue weighted by Gasteiger charge is -2.19. The quantitative estimate of drug-likeness (QED) is 0.785. The molecule has 0 aromatic heterocycles. The van der Waals surface area contributed by atoms with Gasteiger partial charge < -0.3 is 10.6 Å². The van der Waals surface area contributed by atoms with E-state index in [0.717, 1.165) is 5.56 Å². The molecule has 1 heterocycles. The number of hydrogen-bond acceptors (Lipinski definition) is 2. The fourth-order valence-electron chi connectivity index (χ4n) is 1.99. The largest absolute Gasteiger partial charge is 0.336 e. The van der Waals surface area contributed by atoms with Gasteiger partial charge in [0.15, 0.2) is 0 Å². The Bertz CT molecular complexity index is 359. The van der Waals surface area contributed by atoms with E-state index in [-0.39, 0.29) is 11.4 Å². The topological polar surface area (TPSA) is 46.3 Å². The minimum absolute atomic E-state index is 0.156. The molecule has 2 rings (SSSR count). The predicted octanol–water partition coefficient (Wildman–Crippen LogP) is 1.14. The molecule has 3 heteroatoms. The molecule has 0 spiro atoms. The summed E-state index contributed by atoms with van der Waals surface area (Å²) in [5.41, 5.74) is 6.75. The molecule has 0 bridgehead atoms. The second-order valence-electron chi connectivity index (χ2n) is 4.57. The average Bonchev–Trinajstić information content (AvgIpc) is 2.41. The van der Waals surface area contributed by atoms with E-state index >= 15 is 0 Å². The van der Waals surface area contributed by atoms with Crippen molar-refractivity contribution < 1.29 is 4.79 Å². The molecule has 0 saturated carbocycles. The summed E-state index contributed by atoms with van der Waals surface area (Å²) in [4.78, 5) is 13.5. The van der Waals surface area contributed by atoms with E-state index < -0.39 is 0 Å². The molecule has 2 N–H and O–H groups in total. The van der Waals surface area contributed by atoms with E-state index in [0.29, 0.717) is 19.5 Å². The van der Waals surface area contributed by atoms with Gasteiger partial charge in [0.2, 0.25) is 5.91 Å². The van der Waals surface area contributed by atoms with Gasteiger partial charge in [0.25, 0.3) is 0 Å². The lowest BCUT2D eigenvalue weighted by molar-refractivity contribution is -0.128. The molecule has 1 aromatic carbocycles. The van der Waals surface area contributed by atoms with Gasteiger partial charge in [-0.1, -0.05) is 30.3 Å². The summed E-state index contributed by atoms with van der Waals surface area (Å²) >= 11 is 0. The van der Waals surface area contributed by atoms with Crippen LogP contribution in [0.5, 0.6) is 0 Å². The highest BCUT2D eigenvalue weighted by atomic mass is 16.2. The molecule has 80 valence electrons. The van der Waals surface area contributed by atoms with Crippen molar-refractivity contribution >= 4 is 5.91 Å². The van der Waals surface area contributed by atoms with Crippen molar-refractivity contribution in [1.29, 1.82) is 0 Å². The Kier molecular flexibility index (Phi) is 2.49. The van der Waals surface area contributed by atoms with Gasteiger partial charge >= 0.3 is 0 Å². The van der Waals surface area contributed by atoms with E-state index in [1.165, 1.54) is 0 Å². The number of nitrogens with zero attached hydrogens (tertiary/aromatic N) is 1. The van der Waals surface area contributed by atoms with Crippen LogP contribution in [0.15, 0.2) is 30.3 Å². The highest BCUT2D eigenvalue weighted by Crippen LogP contribution is 2.21. The average molecular weight is 204 g/mol. The van der Waals surface area contributed by atoms with Crippen LogP contribution in [0.25, 0.3) is 0 Å². The zero-order valence-electron chi connectivity index (χ0n) is 8.94. The maximum absolute atomic E-state index is 11.6. The van der Waals surface area contributed by atoms with Crippen LogP contribution in [0, 0.1) is 0 Å². The van der Waals surface area contributed by atoms with Crippen LogP contribution in [0.2, 0.25) is 0 Å². The zero-order valence-corrected chi connectivity index (χ0v) is 8.94. The van der Waals surface area contributed by atoms with Crippen molar-refractivity contribution in [3.63, 3.8) is 0 Å². The lowest BCUT2D eigenvalue weighted by atomic mass is 10.0. The van der Waals surface area contributed by atoms with Crippen LogP contribution < -0.4 is 5.73 Å². The third kappa shape index (κ3) is 2.36. The minimum Gasteiger partial charge on any atom is -0.336 e. The summed E-state index contributed by atoms with van der Waals surface area (Å²) in [7, 11) is 0. The summed E-state index contributed by atoms with van der Waals surface area (Å²) in [5.74, 6) is 0.156. The normalized spacial score (nSPS) is 26.0. The van der Waals surface area contributed by atoms with Crippen LogP contribution in [-0.4, -0.2) is 22.9 Å². The second-order valence-corrected chi connectivity index (χ2v) is 4.57. The molecule has 1 amide bonds. The molecule has 1 saturated heterocycles. The summed E-state index contributed by atoms with van der Waals surface area (Å²) in [6.07, 6.45) is 0.458. The summed E-state index contributed by atoms with van der Waals surface area (Å²) < 4.78 is 0. The maximum atomic E-state index is 11.6. The van der Waals surface area contributed by atoms with Crippen molar-refractivity contribution in [3.8, 4) is 0 Å². The lowest BCUT2D eigenvalue weighted by Crippen LogP contribution is -2.38. The molecule has 1 unspecified atom stereocenters. The Hall–Kier alpha value is -1.35. The van der Waals surface area contributed by atoms with Crippen LogP contribution >= 0.6 is 0 Å². The molecule has 1 fully saturated rings. The van der Waals surface area contributed by atoms with Gasteiger partial charge in [-0.15, -0.1) is 0 Å². The Morgan fingerprint density at radius 3 is 2.60 bits per heavy atom. The molecule has 0 radical (unpaired) electrons. The van der Waals surface area contributed by atoms with Crippen molar-refractivity contribution in [1.82, 2.24) is 4.90 Å². The number of benzene rings is 1. The number of likely N-dealkylation sites (tertiary alicyclic amines) is 1. The third-order valence-electron chi connectivity index (χ3n) is 2.68. The number of hydrogen-bond donors (Lipinski definition) is 1. The van der Waals surface area contributed by atoms with E-state index in [4.69, 9.17) is 5.73 Å². The third-order valence-corrected chi connectivity index (χ3v) is 2.68. The Balaban J connectivity index is 2.05. The highest BCUT2D eigenvalue weighted by Gasteiger charge is 2.35. The van der Waals surface area contributed by atoms with E-state index in [2.05, 4.69) is 0 Å². The van der Waals surface area contributed by atoms with Gasteiger partial charge in [0.05, 0.1) is 0 Å². The van der Waals surface area contributed by atoms with Crippen LogP contribution in [0.3, 0.4) is 0 Å². The fraction of sp³-hybridized carbons (Fsp3) is 0.417. The zero-order chi connectivity index (χ0) is 10.9. The minimum atomic E-state index is -0.355. The summed E-state index contributed by atoms with van der Waals surface area (Å²) in [6.45, 7) is 3.25. The smallest absolute Gasteiger partial charge is 0.224 e. The van der Waals surface area contributed by atoms with Gasteiger partial charge in [-0.05, 0) is 12.5 Å². The van der Waals surface area contributed by atoms with Gasteiger partial charge in [0, 0.05) is 25.0 Å². The molecular formula is C12H16N2O. The first-order valence-electron chi connectivity index (χ1n) is 5.17. The predicted molar refractivity (Wildman–Crippen MR) is 59.1 cm³/mol. The van der Waals surface area contributed by atoms with E-state index in [1.54, 1.807) is 0 Å². The number of rotatable bonds is 2.